The van der Waals surface area contributed by atoms with Crippen molar-refractivity contribution in [2.24, 2.45) is 0 Å². The summed E-state index contributed by atoms with van der Waals surface area (Å²) in [6.45, 7) is 2.52. The highest BCUT2D eigenvalue weighted by molar-refractivity contribution is 5.68. The lowest BCUT2D eigenvalue weighted by molar-refractivity contribution is 0.0185. The lowest BCUT2D eigenvalue weighted by atomic mass is 10.0. The van der Waals surface area contributed by atoms with Crippen molar-refractivity contribution in [3.8, 4) is 0 Å². The Morgan fingerprint density at radius 1 is 1.67 bits per heavy atom. The first-order valence-corrected chi connectivity index (χ1v) is 4.19. The van der Waals surface area contributed by atoms with Gasteiger partial charge in [0.1, 0.15) is 0 Å². The Labute approximate surface area is 72.1 Å². The number of nitrogens with zero attached hydrogens (tertiary/aromatic N) is 1. The molecule has 0 bridgehead atoms. The Bertz CT molecular complexity index is 172. The molecule has 0 saturated carbocycles. The van der Waals surface area contributed by atoms with Crippen LogP contribution in [0.15, 0.2) is 0 Å². The monoisotopic (exact) mass is 173 g/mol. The first kappa shape index (κ1) is 9.32. The fourth-order valence-electron chi connectivity index (χ4n) is 1.50. The molecule has 1 amide bonds. The molecule has 0 aromatic carbocycles. The van der Waals surface area contributed by atoms with Crippen LogP contribution in [0.3, 0.4) is 0 Å². The van der Waals surface area contributed by atoms with Gasteiger partial charge in [-0.1, -0.05) is 0 Å². The summed E-state index contributed by atoms with van der Waals surface area (Å²) in [5.74, 6) is 0. The van der Waals surface area contributed by atoms with Crippen LogP contribution in [0, 0.1) is 0 Å². The van der Waals surface area contributed by atoms with Crippen molar-refractivity contribution in [3.63, 3.8) is 0 Å². The summed E-state index contributed by atoms with van der Waals surface area (Å²) in [6, 6.07) is -0.119. The van der Waals surface area contributed by atoms with Gasteiger partial charge in [-0.15, -0.1) is 0 Å². The second kappa shape index (κ2) is 3.76. The normalized spacial score (nSPS) is 30.1. The summed E-state index contributed by atoms with van der Waals surface area (Å²) in [5, 5.41) is 9.44. The molecule has 0 radical (unpaired) electrons. The fourth-order valence-corrected chi connectivity index (χ4v) is 1.50. The van der Waals surface area contributed by atoms with Gasteiger partial charge in [0.05, 0.1) is 19.3 Å². The second-order valence-corrected chi connectivity index (χ2v) is 3.11. The maximum atomic E-state index is 11.1. The van der Waals surface area contributed by atoms with Gasteiger partial charge in [0.15, 0.2) is 0 Å². The molecule has 1 saturated heterocycles. The number of hydrogen-bond acceptors (Lipinski definition) is 3. The third-order valence-electron chi connectivity index (χ3n) is 2.36. The molecule has 1 aliphatic rings. The van der Waals surface area contributed by atoms with Crippen LogP contribution in [0.1, 0.15) is 19.8 Å². The number of likely N-dealkylation sites (tertiary alicyclic amines) is 1. The highest BCUT2D eigenvalue weighted by atomic mass is 16.5. The summed E-state index contributed by atoms with van der Waals surface area (Å²) >= 11 is 0. The molecule has 0 aromatic rings. The van der Waals surface area contributed by atoms with Crippen LogP contribution < -0.4 is 0 Å². The van der Waals surface area contributed by atoms with Crippen LogP contribution in [0.4, 0.5) is 4.79 Å². The van der Waals surface area contributed by atoms with E-state index in [1.807, 2.05) is 6.92 Å². The van der Waals surface area contributed by atoms with Crippen LogP contribution in [-0.4, -0.2) is 41.9 Å². The Morgan fingerprint density at radius 2 is 2.33 bits per heavy atom. The van der Waals surface area contributed by atoms with Gasteiger partial charge in [-0.25, -0.2) is 4.79 Å². The predicted molar refractivity (Wildman–Crippen MR) is 43.8 cm³/mol. The average molecular weight is 173 g/mol. The van der Waals surface area contributed by atoms with Crippen LogP contribution in [-0.2, 0) is 4.74 Å². The molecule has 4 heteroatoms. The highest BCUT2D eigenvalue weighted by Gasteiger charge is 2.29. The van der Waals surface area contributed by atoms with Crippen LogP contribution in [0.5, 0.6) is 0 Å². The van der Waals surface area contributed by atoms with Gasteiger partial charge in [0.25, 0.3) is 0 Å². The van der Waals surface area contributed by atoms with E-state index in [2.05, 4.69) is 4.74 Å². The van der Waals surface area contributed by atoms with Gasteiger partial charge < -0.3 is 14.7 Å². The summed E-state index contributed by atoms with van der Waals surface area (Å²) in [7, 11) is 1.36. The number of aliphatic hydroxyl groups is 1. The number of ether oxygens (including phenoxy) is 1. The molecule has 1 N–H and O–H groups in total. The molecule has 70 valence electrons. The minimum absolute atomic E-state index is 0.119. The van der Waals surface area contributed by atoms with Crippen molar-refractivity contribution in [2.45, 2.75) is 31.9 Å². The number of piperidine rings is 1. The van der Waals surface area contributed by atoms with Crippen molar-refractivity contribution in [3.05, 3.63) is 0 Å². The molecule has 0 spiro atoms. The fraction of sp³-hybridized carbons (Fsp3) is 0.875. The van der Waals surface area contributed by atoms with Gasteiger partial charge in [-0.3, -0.25) is 0 Å². The highest BCUT2D eigenvalue weighted by Crippen LogP contribution is 2.17. The maximum absolute atomic E-state index is 11.1. The number of aliphatic hydroxyl groups excluding tert-OH is 1. The smallest absolute Gasteiger partial charge is 0.409 e. The molecule has 1 aliphatic heterocycles. The molecule has 4 nitrogen and oxygen atoms in total. The zero-order chi connectivity index (χ0) is 9.14. The van der Waals surface area contributed by atoms with E-state index in [1.54, 1.807) is 4.90 Å². The standard InChI is InChI=1S/C8H15NO3/c1-6-7(10)4-3-5-9(6)8(11)12-2/h6-7,10H,3-5H2,1-2H3. The van der Waals surface area contributed by atoms with Crippen LogP contribution in [0.25, 0.3) is 0 Å². The van der Waals surface area contributed by atoms with Crippen molar-refractivity contribution in [2.75, 3.05) is 13.7 Å². The van der Waals surface area contributed by atoms with Crippen molar-refractivity contribution in [1.29, 1.82) is 0 Å². The van der Waals surface area contributed by atoms with Gasteiger partial charge in [-0.2, -0.15) is 0 Å². The summed E-state index contributed by atoms with van der Waals surface area (Å²) in [5.41, 5.74) is 0. The molecule has 1 rings (SSSR count). The zero-order valence-corrected chi connectivity index (χ0v) is 7.49. The summed E-state index contributed by atoms with van der Waals surface area (Å²) in [4.78, 5) is 12.7. The van der Waals surface area contributed by atoms with Crippen molar-refractivity contribution in [1.82, 2.24) is 4.90 Å². The quantitative estimate of drug-likeness (QED) is 0.583. The minimum atomic E-state index is -0.405. The lowest BCUT2D eigenvalue weighted by Gasteiger charge is -2.35. The number of carbonyl (C=O) groups excluding carboxylic acids is 1. The molecule has 1 heterocycles. The van der Waals surface area contributed by atoms with E-state index in [0.29, 0.717) is 6.54 Å². The van der Waals surface area contributed by atoms with E-state index >= 15 is 0 Å². The topological polar surface area (TPSA) is 49.8 Å². The first-order chi connectivity index (χ1) is 5.66. The Morgan fingerprint density at radius 3 is 2.92 bits per heavy atom. The summed E-state index contributed by atoms with van der Waals surface area (Å²) in [6.07, 6.45) is 0.869. The van der Waals surface area contributed by atoms with Crippen molar-refractivity contribution >= 4 is 6.09 Å². The van der Waals surface area contributed by atoms with E-state index in [0.717, 1.165) is 12.8 Å². The third-order valence-corrected chi connectivity index (χ3v) is 2.36. The second-order valence-electron chi connectivity index (χ2n) is 3.11. The van der Waals surface area contributed by atoms with Crippen molar-refractivity contribution < 1.29 is 14.6 Å². The molecule has 0 aromatic heterocycles. The third kappa shape index (κ3) is 1.69. The van der Waals surface area contributed by atoms with E-state index < -0.39 is 6.10 Å². The Kier molecular flexibility index (Phi) is 2.92. The van der Waals surface area contributed by atoms with Crippen LogP contribution in [0.2, 0.25) is 0 Å². The first-order valence-electron chi connectivity index (χ1n) is 4.19. The molecule has 1 fully saturated rings. The molecule has 2 unspecified atom stereocenters. The largest absolute Gasteiger partial charge is 0.453 e. The number of methoxy groups -OCH3 is 1. The van der Waals surface area contributed by atoms with E-state index in [1.165, 1.54) is 7.11 Å². The molecular formula is C8H15NO3. The molecule has 0 aliphatic carbocycles. The van der Waals surface area contributed by atoms with Gasteiger partial charge in [0.2, 0.25) is 0 Å². The van der Waals surface area contributed by atoms with Gasteiger partial charge >= 0.3 is 6.09 Å². The maximum Gasteiger partial charge on any atom is 0.409 e. The van der Waals surface area contributed by atoms with E-state index in [4.69, 9.17) is 0 Å². The van der Waals surface area contributed by atoms with Gasteiger partial charge in [-0.05, 0) is 19.8 Å². The Balaban J connectivity index is 2.57. The predicted octanol–water partition coefficient (Wildman–Crippen LogP) is 0.598. The minimum Gasteiger partial charge on any atom is -0.453 e. The number of hydrogen-bond donors (Lipinski definition) is 1. The molecule has 2 atom stereocenters. The molecular weight excluding hydrogens is 158 g/mol. The number of carbonyl (C=O) groups is 1. The zero-order valence-electron chi connectivity index (χ0n) is 7.49. The van der Waals surface area contributed by atoms with Gasteiger partial charge in [0, 0.05) is 6.54 Å². The molecule has 12 heavy (non-hydrogen) atoms. The Hall–Kier alpha value is -0.770. The lowest BCUT2D eigenvalue weighted by Crippen LogP contribution is -2.49. The van der Waals surface area contributed by atoms with E-state index in [9.17, 15) is 9.90 Å². The number of amides is 1. The van der Waals surface area contributed by atoms with Crippen LogP contribution >= 0.6 is 0 Å². The number of rotatable bonds is 0. The van der Waals surface area contributed by atoms with E-state index in [-0.39, 0.29) is 12.1 Å². The average Bonchev–Trinajstić information content (AvgIpc) is 2.08. The SMILES string of the molecule is COC(=O)N1CCCC(O)C1C. The summed E-state index contributed by atoms with van der Waals surface area (Å²) < 4.78 is 4.58.